The predicted molar refractivity (Wildman–Crippen MR) is 104 cm³/mol. The van der Waals surface area contributed by atoms with Crippen LogP contribution in [0, 0.1) is 25.2 Å². The number of alkyl halides is 3. The van der Waals surface area contributed by atoms with Crippen molar-refractivity contribution >= 4 is 17.0 Å². The first-order valence-electron chi connectivity index (χ1n) is 9.45. The summed E-state index contributed by atoms with van der Waals surface area (Å²) in [6.45, 7) is 2.80. The van der Waals surface area contributed by atoms with Gasteiger partial charge in [0.15, 0.2) is 0 Å². The van der Waals surface area contributed by atoms with Crippen LogP contribution in [0.4, 0.5) is 13.2 Å². The molecule has 2 aromatic heterocycles. The zero-order chi connectivity index (χ0) is 21.5. The molecule has 0 spiro atoms. The summed E-state index contributed by atoms with van der Waals surface area (Å²) in [5.74, 6) is 2.63. The third-order valence-electron chi connectivity index (χ3n) is 5.31. The lowest BCUT2D eigenvalue weighted by atomic mass is 10.0. The standard InChI is InChI=1S/C22H18F3N3O2/c1-3-5-14-8-9-28(12-14)21(29)17-11-18(26-20-19(17)13(2)27-30-20)15-6-4-7-16(10-15)22(23,24)25/h1,4,6-7,10-11,14H,5,8-9,12H2,2H3. The number of hydrogen-bond donors (Lipinski definition) is 0. The zero-order valence-corrected chi connectivity index (χ0v) is 16.2. The van der Waals surface area contributed by atoms with Gasteiger partial charge in [-0.2, -0.15) is 13.2 Å². The maximum Gasteiger partial charge on any atom is 0.416 e. The largest absolute Gasteiger partial charge is 0.416 e. The van der Waals surface area contributed by atoms with Gasteiger partial charge in [-0.15, -0.1) is 12.3 Å². The van der Waals surface area contributed by atoms with E-state index in [4.69, 9.17) is 10.9 Å². The molecule has 1 aliphatic heterocycles. The molecular weight excluding hydrogens is 395 g/mol. The van der Waals surface area contributed by atoms with Crippen molar-refractivity contribution in [1.29, 1.82) is 0 Å². The SMILES string of the molecule is C#CCC1CCN(C(=O)c2cc(-c3cccc(C(F)(F)F)c3)nc3onc(C)c23)C1. The normalized spacial score (nSPS) is 16.8. The molecule has 0 radical (unpaired) electrons. The minimum atomic E-state index is -4.48. The number of rotatable bonds is 3. The van der Waals surface area contributed by atoms with Crippen LogP contribution in [0.2, 0.25) is 0 Å². The molecule has 0 saturated carbocycles. The molecule has 1 unspecified atom stereocenters. The van der Waals surface area contributed by atoms with Crippen LogP contribution in [0.15, 0.2) is 34.9 Å². The maximum absolute atomic E-state index is 13.3. The van der Waals surface area contributed by atoms with Gasteiger partial charge in [-0.1, -0.05) is 17.3 Å². The minimum Gasteiger partial charge on any atom is -0.338 e. The van der Waals surface area contributed by atoms with E-state index in [0.717, 1.165) is 18.6 Å². The average Bonchev–Trinajstić information content (AvgIpc) is 3.34. The van der Waals surface area contributed by atoms with Gasteiger partial charge in [0.05, 0.1) is 27.9 Å². The molecule has 5 nitrogen and oxygen atoms in total. The molecule has 0 N–H and O–H groups in total. The van der Waals surface area contributed by atoms with E-state index in [-0.39, 0.29) is 28.8 Å². The summed E-state index contributed by atoms with van der Waals surface area (Å²) in [7, 11) is 0. The first-order valence-corrected chi connectivity index (χ1v) is 9.45. The molecule has 1 saturated heterocycles. The van der Waals surface area contributed by atoms with Gasteiger partial charge in [0.25, 0.3) is 11.6 Å². The predicted octanol–water partition coefficient (Wildman–Crippen LogP) is 4.70. The lowest BCUT2D eigenvalue weighted by molar-refractivity contribution is -0.137. The van der Waals surface area contributed by atoms with Crippen molar-refractivity contribution in [1.82, 2.24) is 15.0 Å². The molecule has 0 aliphatic carbocycles. The van der Waals surface area contributed by atoms with E-state index in [2.05, 4.69) is 16.1 Å². The van der Waals surface area contributed by atoms with Crippen molar-refractivity contribution in [3.63, 3.8) is 0 Å². The molecule has 0 bridgehead atoms. The number of aryl methyl sites for hydroxylation is 1. The fraction of sp³-hybridized carbons (Fsp3) is 0.318. The van der Waals surface area contributed by atoms with Crippen LogP contribution in [0.25, 0.3) is 22.4 Å². The van der Waals surface area contributed by atoms with Gasteiger partial charge in [0.2, 0.25) is 0 Å². The van der Waals surface area contributed by atoms with Crippen molar-refractivity contribution in [3.05, 3.63) is 47.2 Å². The van der Waals surface area contributed by atoms with E-state index in [1.807, 2.05) is 0 Å². The van der Waals surface area contributed by atoms with Crippen LogP contribution in [0.1, 0.15) is 34.5 Å². The molecule has 8 heteroatoms. The minimum absolute atomic E-state index is 0.116. The van der Waals surface area contributed by atoms with Crippen LogP contribution >= 0.6 is 0 Å². The van der Waals surface area contributed by atoms with Crippen LogP contribution in [0.5, 0.6) is 0 Å². The molecule has 1 amide bonds. The Morgan fingerprint density at radius 3 is 2.90 bits per heavy atom. The van der Waals surface area contributed by atoms with Crippen molar-refractivity contribution in [2.75, 3.05) is 13.1 Å². The first kappa shape index (κ1) is 20.0. The Morgan fingerprint density at radius 1 is 1.37 bits per heavy atom. The number of fused-ring (bicyclic) bond motifs is 1. The number of pyridine rings is 1. The van der Waals surface area contributed by atoms with Gasteiger partial charge in [-0.25, -0.2) is 4.98 Å². The smallest absolute Gasteiger partial charge is 0.338 e. The summed E-state index contributed by atoms with van der Waals surface area (Å²) < 4.78 is 44.6. The number of aromatic nitrogens is 2. The molecule has 3 heterocycles. The van der Waals surface area contributed by atoms with Gasteiger partial charge in [0.1, 0.15) is 0 Å². The van der Waals surface area contributed by atoms with Gasteiger partial charge in [-0.3, -0.25) is 4.79 Å². The lowest BCUT2D eigenvalue weighted by Crippen LogP contribution is -2.29. The Morgan fingerprint density at radius 2 is 2.17 bits per heavy atom. The van der Waals surface area contributed by atoms with Gasteiger partial charge < -0.3 is 9.42 Å². The molecule has 1 atom stereocenters. The van der Waals surface area contributed by atoms with E-state index in [1.165, 1.54) is 18.2 Å². The van der Waals surface area contributed by atoms with Crippen LogP contribution in [-0.4, -0.2) is 34.0 Å². The summed E-state index contributed by atoms with van der Waals surface area (Å²) >= 11 is 0. The Kier molecular flexibility index (Phi) is 4.98. The molecule has 30 heavy (non-hydrogen) atoms. The number of carbonyl (C=O) groups excluding carboxylic acids is 1. The summed E-state index contributed by atoms with van der Waals surface area (Å²) in [4.78, 5) is 19.3. The highest BCUT2D eigenvalue weighted by atomic mass is 19.4. The van der Waals surface area contributed by atoms with Gasteiger partial charge in [-0.05, 0) is 37.5 Å². The second kappa shape index (κ2) is 7.48. The lowest BCUT2D eigenvalue weighted by Gasteiger charge is -2.17. The zero-order valence-electron chi connectivity index (χ0n) is 16.2. The topological polar surface area (TPSA) is 59.2 Å². The second-order valence-electron chi connectivity index (χ2n) is 7.40. The van der Waals surface area contributed by atoms with E-state index in [0.29, 0.717) is 36.2 Å². The highest BCUT2D eigenvalue weighted by Gasteiger charge is 2.32. The Labute approximate surface area is 170 Å². The number of halogens is 3. The van der Waals surface area contributed by atoms with E-state index in [9.17, 15) is 18.0 Å². The fourth-order valence-electron chi connectivity index (χ4n) is 3.79. The average molecular weight is 413 g/mol. The fourth-order valence-corrected chi connectivity index (χ4v) is 3.79. The Bertz CT molecular complexity index is 1160. The molecule has 1 aliphatic rings. The number of benzene rings is 1. The molecule has 4 rings (SSSR count). The number of carbonyl (C=O) groups is 1. The Balaban J connectivity index is 1.78. The highest BCUT2D eigenvalue weighted by Crippen LogP contribution is 2.34. The third-order valence-corrected chi connectivity index (χ3v) is 5.31. The monoisotopic (exact) mass is 413 g/mol. The summed E-state index contributed by atoms with van der Waals surface area (Å²) in [6, 6.07) is 6.33. The number of amides is 1. The first-order chi connectivity index (χ1) is 14.3. The molecule has 3 aromatic rings. The second-order valence-corrected chi connectivity index (χ2v) is 7.40. The maximum atomic E-state index is 13.3. The summed E-state index contributed by atoms with van der Waals surface area (Å²) in [5.41, 5.74) is 0.586. The Hall–Kier alpha value is -3.34. The summed E-state index contributed by atoms with van der Waals surface area (Å²) in [6.07, 6.45) is 2.31. The van der Waals surface area contributed by atoms with Crippen molar-refractivity contribution in [2.45, 2.75) is 25.9 Å². The molecule has 1 aromatic carbocycles. The van der Waals surface area contributed by atoms with Crippen molar-refractivity contribution < 1.29 is 22.5 Å². The van der Waals surface area contributed by atoms with Crippen LogP contribution in [0.3, 0.4) is 0 Å². The van der Waals surface area contributed by atoms with Gasteiger partial charge >= 0.3 is 6.18 Å². The quantitative estimate of drug-likeness (QED) is 0.584. The van der Waals surface area contributed by atoms with Crippen LogP contribution < -0.4 is 0 Å². The van der Waals surface area contributed by atoms with Crippen molar-refractivity contribution in [2.24, 2.45) is 5.92 Å². The third kappa shape index (κ3) is 3.63. The number of hydrogen-bond acceptors (Lipinski definition) is 4. The van der Waals surface area contributed by atoms with E-state index < -0.39 is 11.7 Å². The molecule has 154 valence electrons. The number of nitrogens with zero attached hydrogens (tertiary/aromatic N) is 3. The van der Waals surface area contributed by atoms with Crippen molar-refractivity contribution in [3.8, 4) is 23.6 Å². The van der Waals surface area contributed by atoms with E-state index >= 15 is 0 Å². The van der Waals surface area contributed by atoms with Crippen LogP contribution in [-0.2, 0) is 6.18 Å². The number of likely N-dealkylation sites (tertiary alicyclic amines) is 1. The molecular formula is C22H18F3N3O2. The molecule has 1 fully saturated rings. The highest BCUT2D eigenvalue weighted by molar-refractivity contribution is 6.07. The number of terminal acetylenes is 1. The van der Waals surface area contributed by atoms with E-state index in [1.54, 1.807) is 11.8 Å². The summed E-state index contributed by atoms with van der Waals surface area (Å²) in [5, 5.41) is 4.36. The van der Waals surface area contributed by atoms with Gasteiger partial charge in [0, 0.05) is 25.1 Å².